The summed E-state index contributed by atoms with van der Waals surface area (Å²) in [7, 11) is 0. The third kappa shape index (κ3) is 5.75. The van der Waals surface area contributed by atoms with E-state index < -0.39 is 0 Å². The first kappa shape index (κ1) is 23.9. The quantitative estimate of drug-likeness (QED) is 0.357. The van der Waals surface area contributed by atoms with Gasteiger partial charge in [0.2, 0.25) is 0 Å². The van der Waals surface area contributed by atoms with Crippen molar-refractivity contribution in [2.75, 3.05) is 32.8 Å². The van der Waals surface area contributed by atoms with Gasteiger partial charge in [-0.25, -0.2) is 14.4 Å². The molecule has 2 aliphatic heterocycles. The lowest BCUT2D eigenvalue weighted by molar-refractivity contribution is -0.0817. The van der Waals surface area contributed by atoms with Crippen LogP contribution in [0.3, 0.4) is 0 Å². The molecule has 9 heteroatoms. The molecule has 2 atom stereocenters. The molecule has 31 heavy (non-hydrogen) atoms. The highest BCUT2D eigenvalue weighted by Gasteiger charge is 2.32. The fourth-order valence-corrected chi connectivity index (χ4v) is 4.06. The Hall–Kier alpha value is -1.72. The van der Waals surface area contributed by atoms with E-state index in [1.807, 2.05) is 13.0 Å². The molecule has 0 aliphatic carbocycles. The van der Waals surface area contributed by atoms with E-state index in [4.69, 9.17) is 14.5 Å². The van der Waals surface area contributed by atoms with E-state index in [2.05, 4.69) is 22.1 Å². The van der Waals surface area contributed by atoms with Crippen LogP contribution in [0.5, 0.6) is 0 Å². The molecular formula is C22H31FIN5O2. The monoisotopic (exact) mass is 543 g/mol. The van der Waals surface area contributed by atoms with Crippen LogP contribution in [0.2, 0.25) is 0 Å². The summed E-state index contributed by atoms with van der Waals surface area (Å²) in [4.78, 5) is 11.2. The summed E-state index contributed by atoms with van der Waals surface area (Å²) in [6, 6.07) is 5.25. The largest absolute Gasteiger partial charge is 0.375 e. The average Bonchev–Trinajstić information content (AvgIpc) is 3.43. The topological polar surface area (TPSA) is 63.9 Å². The van der Waals surface area contributed by atoms with Crippen molar-refractivity contribution in [2.24, 2.45) is 4.99 Å². The molecule has 3 heterocycles. The number of aryl methyl sites for hydroxylation is 1. The number of hydrogen-bond acceptors (Lipinski definition) is 4. The number of ether oxygens (including phenoxy) is 2. The van der Waals surface area contributed by atoms with Gasteiger partial charge >= 0.3 is 0 Å². The van der Waals surface area contributed by atoms with Crippen LogP contribution in [0.1, 0.15) is 31.2 Å². The van der Waals surface area contributed by atoms with E-state index in [0.717, 1.165) is 56.4 Å². The second kappa shape index (κ2) is 11.2. The van der Waals surface area contributed by atoms with Gasteiger partial charge in [0.25, 0.3) is 0 Å². The van der Waals surface area contributed by atoms with Gasteiger partial charge in [-0.15, -0.1) is 24.0 Å². The molecule has 1 N–H and O–H groups in total. The van der Waals surface area contributed by atoms with Gasteiger partial charge in [-0.05, 0) is 44.4 Å². The Bertz CT molecular complexity index is 885. The zero-order valence-corrected chi connectivity index (χ0v) is 20.4. The van der Waals surface area contributed by atoms with Crippen LogP contribution in [0.4, 0.5) is 4.39 Å². The third-order valence-corrected chi connectivity index (χ3v) is 5.62. The number of rotatable bonds is 5. The summed E-state index contributed by atoms with van der Waals surface area (Å²) in [5.41, 5.74) is 1.32. The molecule has 7 nitrogen and oxygen atoms in total. The van der Waals surface area contributed by atoms with Crippen LogP contribution in [0.15, 0.2) is 35.6 Å². The van der Waals surface area contributed by atoms with Gasteiger partial charge in [0.15, 0.2) is 5.96 Å². The number of nitrogens with one attached hydrogen (secondary N) is 1. The first-order chi connectivity index (χ1) is 14.7. The summed E-state index contributed by atoms with van der Waals surface area (Å²) in [6.45, 7) is 8.09. The van der Waals surface area contributed by atoms with Crippen LogP contribution >= 0.6 is 24.0 Å². The van der Waals surface area contributed by atoms with E-state index in [-0.39, 0.29) is 42.0 Å². The van der Waals surface area contributed by atoms with E-state index >= 15 is 0 Å². The standard InChI is InChI=1S/C22H30FN5O2.HI/c1-3-24-22(27-10-12-30-21(15-27)20-5-4-11-29-20)26-14-17-6-7-19(18(23)13-17)28-9-8-25-16(28)2;/h6-9,13,20-21H,3-5,10-12,14-15H2,1-2H3,(H,24,26);1H. The predicted octanol–water partition coefficient (Wildman–Crippen LogP) is 3.28. The Balaban J connectivity index is 0.00000272. The number of benzene rings is 1. The fourth-order valence-electron chi connectivity index (χ4n) is 4.06. The number of halogens is 2. The highest BCUT2D eigenvalue weighted by molar-refractivity contribution is 14.0. The van der Waals surface area contributed by atoms with Crippen molar-refractivity contribution in [1.82, 2.24) is 19.8 Å². The number of morpholine rings is 1. The lowest BCUT2D eigenvalue weighted by Gasteiger charge is -2.37. The predicted molar refractivity (Wildman–Crippen MR) is 129 cm³/mol. The Kier molecular flexibility index (Phi) is 8.67. The SMILES string of the molecule is CCNC(=NCc1ccc(-n2ccnc2C)c(F)c1)N1CCOC(C2CCCO2)C1.I. The number of aromatic nitrogens is 2. The van der Waals surface area contributed by atoms with Crippen molar-refractivity contribution < 1.29 is 13.9 Å². The second-order valence-corrected chi connectivity index (χ2v) is 7.71. The zero-order chi connectivity index (χ0) is 20.9. The maximum absolute atomic E-state index is 14.7. The Morgan fingerprint density at radius 3 is 2.81 bits per heavy atom. The molecule has 0 radical (unpaired) electrons. The molecule has 0 bridgehead atoms. The van der Waals surface area contributed by atoms with Crippen LogP contribution < -0.4 is 5.32 Å². The summed E-state index contributed by atoms with van der Waals surface area (Å²) < 4.78 is 28.2. The lowest BCUT2D eigenvalue weighted by Crippen LogP contribution is -2.53. The molecule has 2 unspecified atom stereocenters. The van der Waals surface area contributed by atoms with Crippen molar-refractivity contribution in [3.63, 3.8) is 0 Å². The number of nitrogens with zero attached hydrogens (tertiary/aromatic N) is 4. The van der Waals surface area contributed by atoms with Crippen LogP contribution in [0, 0.1) is 12.7 Å². The van der Waals surface area contributed by atoms with Crippen molar-refractivity contribution in [2.45, 2.75) is 45.4 Å². The molecule has 2 aliphatic rings. The molecule has 2 fully saturated rings. The highest BCUT2D eigenvalue weighted by atomic mass is 127. The highest BCUT2D eigenvalue weighted by Crippen LogP contribution is 2.21. The van der Waals surface area contributed by atoms with Crippen molar-refractivity contribution in [1.29, 1.82) is 0 Å². The molecule has 1 aromatic heterocycles. The Labute approximate surface area is 200 Å². The van der Waals surface area contributed by atoms with Gasteiger partial charge in [0.1, 0.15) is 17.7 Å². The van der Waals surface area contributed by atoms with Gasteiger partial charge in [-0.2, -0.15) is 0 Å². The van der Waals surface area contributed by atoms with Gasteiger partial charge in [0.05, 0.1) is 24.9 Å². The van der Waals surface area contributed by atoms with Gasteiger partial charge in [0, 0.05) is 38.6 Å². The van der Waals surface area contributed by atoms with Crippen LogP contribution in [0.25, 0.3) is 5.69 Å². The van der Waals surface area contributed by atoms with E-state index in [1.54, 1.807) is 29.1 Å². The number of hydrogen-bond donors (Lipinski definition) is 1. The Morgan fingerprint density at radius 2 is 2.13 bits per heavy atom. The smallest absolute Gasteiger partial charge is 0.194 e. The molecule has 170 valence electrons. The minimum atomic E-state index is -0.279. The second-order valence-electron chi connectivity index (χ2n) is 7.71. The van der Waals surface area contributed by atoms with Gasteiger partial charge in [-0.3, -0.25) is 0 Å². The summed E-state index contributed by atoms with van der Waals surface area (Å²) in [5.74, 6) is 1.31. The van der Waals surface area contributed by atoms with Crippen molar-refractivity contribution in [3.05, 3.63) is 47.8 Å². The van der Waals surface area contributed by atoms with E-state index in [0.29, 0.717) is 18.8 Å². The molecule has 1 aromatic carbocycles. The molecular weight excluding hydrogens is 512 g/mol. The van der Waals surface area contributed by atoms with E-state index in [9.17, 15) is 4.39 Å². The molecule has 0 amide bonds. The molecule has 2 saturated heterocycles. The summed E-state index contributed by atoms with van der Waals surface area (Å²) in [6.07, 6.45) is 5.82. The van der Waals surface area contributed by atoms with Crippen molar-refractivity contribution in [3.8, 4) is 5.69 Å². The normalized spacial score (nSPS) is 21.8. The van der Waals surface area contributed by atoms with Gasteiger partial charge < -0.3 is 24.3 Å². The van der Waals surface area contributed by atoms with Crippen molar-refractivity contribution >= 4 is 29.9 Å². The molecule has 2 aromatic rings. The van der Waals surface area contributed by atoms with Crippen LogP contribution in [-0.2, 0) is 16.0 Å². The maximum Gasteiger partial charge on any atom is 0.194 e. The first-order valence-electron chi connectivity index (χ1n) is 10.7. The average molecular weight is 543 g/mol. The lowest BCUT2D eigenvalue weighted by atomic mass is 10.1. The zero-order valence-electron chi connectivity index (χ0n) is 18.1. The number of guanidine groups is 1. The first-order valence-corrected chi connectivity index (χ1v) is 10.7. The Morgan fingerprint density at radius 1 is 1.29 bits per heavy atom. The summed E-state index contributed by atoms with van der Waals surface area (Å²) in [5, 5.41) is 3.36. The summed E-state index contributed by atoms with van der Waals surface area (Å²) >= 11 is 0. The minimum absolute atomic E-state index is 0. The number of aliphatic imine (C=N–C) groups is 1. The fraction of sp³-hybridized carbons (Fsp3) is 0.545. The van der Waals surface area contributed by atoms with E-state index in [1.165, 1.54) is 0 Å². The minimum Gasteiger partial charge on any atom is -0.375 e. The molecule has 0 saturated carbocycles. The number of imidazole rings is 1. The maximum atomic E-state index is 14.7. The van der Waals surface area contributed by atoms with Gasteiger partial charge in [-0.1, -0.05) is 6.07 Å². The molecule has 0 spiro atoms. The third-order valence-electron chi connectivity index (χ3n) is 5.62. The molecule has 4 rings (SSSR count). The van der Waals surface area contributed by atoms with Crippen LogP contribution in [-0.4, -0.2) is 65.5 Å².